The van der Waals surface area contributed by atoms with Crippen LogP contribution in [0.2, 0.25) is 0 Å². The number of nitrogens with two attached hydrogens (primary N) is 1. The Balaban J connectivity index is 0.000000281. The van der Waals surface area contributed by atoms with Gasteiger partial charge in [-0.2, -0.15) is 0 Å². The SMILES string of the molecule is COCCOC.COCCOC.[NH2-].[Sr+2].c1ccc2c(c1)[n-]c1ccccc12.c1ccc2c(c1)[n-]c1ccccc12. The van der Waals surface area contributed by atoms with Gasteiger partial charge in [-0.15, -0.1) is 22.1 Å². The number of fused-ring (bicyclic) bond motifs is 6. The van der Waals surface area contributed by atoms with Crippen molar-refractivity contribution in [3.05, 3.63) is 103 Å². The van der Waals surface area contributed by atoms with E-state index >= 15 is 0 Å². The molecule has 7 nitrogen and oxygen atoms in total. The molecule has 8 heteroatoms. The molecule has 0 amide bonds. The molecular weight excluding hydrogens is 578 g/mol. The van der Waals surface area contributed by atoms with Gasteiger partial charge in [0, 0.05) is 28.4 Å². The molecule has 2 heterocycles. The minimum atomic E-state index is 0. The fraction of sp³-hybridized carbons (Fsp3) is 0.250. The first-order valence-corrected chi connectivity index (χ1v) is 12.5. The van der Waals surface area contributed by atoms with E-state index in [1.807, 2.05) is 24.3 Å². The Morgan fingerprint density at radius 1 is 0.400 bits per heavy atom. The second-order valence-electron chi connectivity index (χ2n) is 8.26. The Hall–Kier alpha value is -2.24. The smallest absolute Gasteiger partial charge is 0.693 e. The molecule has 2 aromatic heterocycles. The number of hydrogen-bond acceptors (Lipinski definition) is 4. The average Bonchev–Trinajstić information content (AvgIpc) is 3.54. The summed E-state index contributed by atoms with van der Waals surface area (Å²) in [5, 5.41) is 4.99. The minimum absolute atomic E-state index is 0. The molecule has 6 aromatic rings. The van der Waals surface area contributed by atoms with Crippen LogP contribution in [0.15, 0.2) is 97.1 Å². The van der Waals surface area contributed by atoms with Crippen LogP contribution >= 0.6 is 0 Å². The molecule has 0 atom stereocenters. The first-order chi connectivity index (χ1) is 18.7. The van der Waals surface area contributed by atoms with E-state index in [2.05, 4.69) is 102 Å². The van der Waals surface area contributed by atoms with Crippen molar-refractivity contribution in [1.29, 1.82) is 0 Å². The maximum Gasteiger partial charge on any atom is 2.00 e. The number of aromatic nitrogens is 2. The number of rotatable bonds is 6. The van der Waals surface area contributed by atoms with E-state index in [0.29, 0.717) is 26.4 Å². The molecule has 4 aromatic carbocycles. The molecule has 0 aliphatic rings. The zero-order valence-electron chi connectivity index (χ0n) is 23.9. The Kier molecular flexibility index (Phi) is 18.4. The van der Waals surface area contributed by atoms with Crippen LogP contribution in [0.5, 0.6) is 0 Å². The Morgan fingerprint density at radius 2 is 0.600 bits per heavy atom. The Morgan fingerprint density at radius 3 is 0.800 bits per heavy atom. The van der Waals surface area contributed by atoms with Gasteiger partial charge in [0.05, 0.1) is 26.4 Å². The van der Waals surface area contributed by atoms with E-state index in [0.717, 1.165) is 22.1 Å². The second-order valence-corrected chi connectivity index (χ2v) is 8.26. The third-order valence-electron chi connectivity index (χ3n) is 5.66. The van der Waals surface area contributed by atoms with Gasteiger partial charge >= 0.3 is 45.5 Å². The zero-order valence-corrected chi connectivity index (χ0v) is 27.4. The summed E-state index contributed by atoms with van der Waals surface area (Å²) in [5.74, 6) is 0. The molecule has 40 heavy (non-hydrogen) atoms. The summed E-state index contributed by atoms with van der Waals surface area (Å²) in [4.78, 5) is 9.03. The maximum absolute atomic E-state index is 4.66. The summed E-state index contributed by atoms with van der Waals surface area (Å²) < 4.78 is 18.6. The van der Waals surface area contributed by atoms with Gasteiger partial charge in [0.1, 0.15) is 0 Å². The van der Waals surface area contributed by atoms with Crippen LogP contribution in [0.4, 0.5) is 0 Å². The topological polar surface area (TPSA) is 98.6 Å². The minimum Gasteiger partial charge on any atom is -0.693 e. The van der Waals surface area contributed by atoms with Crippen LogP contribution in [0.1, 0.15) is 0 Å². The van der Waals surface area contributed by atoms with Crippen molar-refractivity contribution in [1.82, 2.24) is 9.97 Å². The van der Waals surface area contributed by atoms with Crippen molar-refractivity contribution < 1.29 is 18.9 Å². The van der Waals surface area contributed by atoms with Crippen molar-refractivity contribution in [3.63, 3.8) is 0 Å². The number of benzene rings is 4. The first kappa shape index (κ1) is 35.8. The van der Waals surface area contributed by atoms with Gasteiger partial charge in [-0.1, -0.05) is 97.1 Å². The summed E-state index contributed by atoms with van der Waals surface area (Å²) >= 11 is 0. The van der Waals surface area contributed by atoms with E-state index in [4.69, 9.17) is 0 Å². The number of para-hydroxylation sites is 4. The van der Waals surface area contributed by atoms with Gasteiger partial charge in [0.2, 0.25) is 0 Å². The molecule has 0 saturated heterocycles. The van der Waals surface area contributed by atoms with Gasteiger partial charge < -0.3 is 35.1 Å². The first-order valence-electron chi connectivity index (χ1n) is 12.5. The Bertz CT molecular complexity index is 1280. The third kappa shape index (κ3) is 10.6. The summed E-state index contributed by atoms with van der Waals surface area (Å²) in [7, 11) is 6.61. The number of ether oxygens (including phenoxy) is 4. The van der Waals surface area contributed by atoms with Crippen LogP contribution in [0.3, 0.4) is 0 Å². The molecule has 0 fully saturated rings. The van der Waals surface area contributed by atoms with Gasteiger partial charge in [-0.3, -0.25) is 0 Å². The Labute approximate surface area is 274 Å². The van der Waals surface area contributed by atoms with Crippen molar-refractivity contribution in [2.75, 3.05) is 54.9 Å². The summed E-state index contributed by atoms with van der Waals surface area (Å²) in [6, 6.07) is 33.0. The molecule has 0 bridgehead atoms. The molecule has 0 saturated carbocycles. The summed E-state index contributed by atoms with van der Waals surface area (Å²) in [6.45, 7) is 2.76. The molecule has 0 aliphatic carbocycles. The van der Waals surface area contributed by atoms with Crippen molar-refractivity contribution >= 4 is 89.1 Å². The monoisotopic (exact) mass is 616 g/mol. The summed E-state index contributed by atoms with van der Waals surface area (Å²) in [5.41, 5.74) is 4.35. The fourth-order valence-corrected chi connectivity index (χ4v) is 3.79. The van der Waals surface area contributed by atoms with E-state index in [9.17, 15) is 0 Å². The van der Waals surface area contributed by atoms with Gasteiger partial charge in [-0.25, -0.2) is 0 Å². The molecular formula is C32H38N3O4Sr-. The number of nitrogens with zero attached hydrogens (tertiary/aromatic N) is 2. The van der Waals surface area contributed by atoms with Crippen LogP contribution in [-0.4, -0.2) is 100 Å². The maximum atomic E-state index is 4.66. The fourth-order valence-electron chi connectivity index (χ4n) is 3.79. The van der Waals surface area contributed by atoms with E-state index in [1.165, 1.54) is 21.5 Å². The molecule has 2 N–H and O–H groups in total. The van der Waals surface area contributed by atoms with Gasteiger partial charge in [0.15, 0.2) is 0 Å². The molecule has 6 rings (SSSR count). The largest absolute Gasteiger partial charge is 2.00 e. The van der Waals surface area contributed by atoms with Gasteiger partial charge in [0.25, 0.3) is 0 Å². The predicted molar refractivity (Wildman–Crippen MR) is 168 cm³/mol. The van der Waals surface area contributed by atoms with Crippen LogP contribution in [-0.2, 0) is 18.9 Å². The molecule has 208 valence electrons. The van der Waals surface area contributed by atoms with Gasteiger partial charge in [-0.05, 0) is 21.5 Å². The quantitative estimate of drug-likeness (QED) is 0.151. The average molecular weight is 616 g/mol. The number of methoxy groups -OCH3 is 4. The molecule has 0 spiro atoms. The zero-order chi connectivity index (χ0) is 27.0. The third-order valence-corrected chi connectivity index (χ3v) is 5.66. The second kappa shape index (κ2) is 20.6. The standard InChI is InChI=1S/2C12H8N.2C4H10O2.H2N.Sr/c2*1-3-7-11-9(5-1)10-6-2-4-8-12(10)13-11;2*1-5-3-4-6-2;;/h2*1-8H;2*3-4H2,1-2H3;1H2;/q2*-1;;;-1;+2. The van der Waals surface area contributed by atoms with Crippen LogP contribution < -0.4 is 9.97 Å². The number of hydrogen-bond donors (Lipinski definition) is 0. The molecule has 0 unspecified atom stereocenters. The van der Waals surface area contributed by atoms with E-state index < -0.39 is 0 Å². The van der Waals surface area contributed by atoms with Crippen LogP contribution in [0.25, 0.3) is 49.8 Å². The molecule has 0 aliphatic heterocycles. The van der Waals surface area contributed by atoms with E-state index in [-0.39, 0.29) is 51.6 Å². The van der Waals surface area contributed by atoms with E-state index in [1.54, 1.807) is 28.4 Å². The van der Waals surface area contributed by atoms with Crippen molar-refractivity contribution in [2.45, 2.75) is 0 Å². The normalized spacial score (nSPS) is 9.90. The molecule has 0 radical (unpaired) electrons. The van der Waals surface area contributed by atoms with Crippen molar-refractivity contribution in [2.24, 2.45) is 0 Å². The summed E-state index contributed by atoms with van der Waals surface area (Å²) in [6.07, 6.45) is 0. The van der Waals surface area contributed by atoms with Crippen LogP contribution in [0, 0.1) is 0 Å². The van der Waals surface area contributed by atoms with Crippen molar-refractivity contribution in [3.8, 4) is 0 Å². The predicted octanol–water partition coefficient (Wildman–Crippen LogP) is 6.80.